The standard InChI is InChI=1S/C16H14FN3O3/c1-2-22-16(21)14-9-15(13-7-8-23-19-13)20(18-14)10-11-5-3-4-6-12(11)17/h3-9H,2,10H2,1H3. The van der Waals surface area contributed by atoms with Crippen molar-refractivity contribution in [1.29, 1.82) is 0 Å². The summed E-state index contributed by atoms with van der Waals surface area (Å²) in [5.41, 5.74) is 1.64. The lowest BCUT2D eigenvalue weighted by atomic mass is 10.2. The third-order valence-corrected chi connectivity index (χ3v) is 3.24. The van der Waals surface area contributed by atoms with E-state index >= 15 is 0 Å². The molecule has 23 heavy (non-hydrogen) atoms. The first-order valence-electron chi connectivity index (χ1n) is 7.08. The van der Waals surface area contributed by atoms with Crippen LogP contribution in [0.15, 0.2) is 47.2 Å². The van der Waals surface area contributed by atoms with Gasteiger partial charge in [-0.2, -0.15) is 5.10 Å². The zero-order valence-electron chi connectivity index (χ0n) is 12.4. The van der Waals surface area contributed by atoms with Crippen molar-refractivity contribution in [3.8, 4) is 11.4 Å². The van der Waals surface area contributed by atoms with Gasteiger partial charge in [-0.25, -0.2) is 9.18 Å². The Kier molecular flexibility index (Phi) is 4.18. The summed E-state index contributed by atoms with van der Waals surface area (Å²) in [4.78, 5) is 11.9. The highest BCUT2D eigenvalue weighted by Gasteiger charge is 2.18. The molecule has 0 aliphatic rings. The first-order chi connectivity index (χ1) is 11.2. The Balaban J connectivity index is 2.00. The van der Waals surface area contributed by atoms with E-state index in [0.29, 0.717) is 17.0 Å². The van der Waals surface area contributed by atoms with E-state index in [0.717, 1.165) is 0 Å². The van der Waals surface area contributed by atoms with Gasteiger partial charge in [0.15, 0.2) is 5.69 Å². The number of halogens is 1. The van der Waals surface area contributed by atoms with Gasteiger partial charge in [0, 0.05) is 17.7 Å². The molecule has 0 fully saturated rings. The van der Waals surface area contributed by atoms with E-state index in [-0.39, 0.29) is 24.7 Å². The zero-order valence-corrected chi connectivity index (χ0v) is 12.4. The van der Waals surface area contributed by atoms with Gasteiger partial charge in [0.2, 0.25) is 0 Å². The van der Waals surface area contributed by atoms with Gasteiger partial charge in [-0.3, -0.25) is 4.68 Å². The van der Waals surface area contributed by atoms with Crippen LogP contribution in [0.5, 0.6) is 0 Å². The van der Waals surface area contributed by atoms with Crippen LogP contribution < -0.4 is 0 Å². The number of nitrogens with zero attached hydrogens (tertiary/aromatic N) is 3. The Hall–Kier alpha value is -2.96. The number of carbonyl (C=O) groups is 1. The van der Waals surface area contributed by atoms with Crippen LogP contribution in [-0.2, 0) is 11.3 Å². The summed E-state index contributed by atoms with van der Waals surface area (Å²) >= 11 is 0. The molecule has 2 heterocycles. The molecule has 0 saturated carbocycles. The SMILES string of the molecule is CCOC(=O)c1cc(-c2ccon2)n(Cc2ccccc2F)n1. The molecule has 118 valence electrons. The van der Waals surface area contributed by atoms with Gasteiger partial charge in [-0.05, 0) is 13.0 Å². The lowest BCUT2D eigenvalue weighted by molar-refractivity contribution is 0.0518. The molecule has 3 aromatic rings. The number of ether oxygens (including phenoxy) is 1. The van der Waals surface area contributed by atoms with Gasteiger partial charge < -0.3 is 9.26 Å². The molecule has 0 bridgehead atoms. The normalized spacial score (nSPS) is 10.7. The van der Waals surface area contributed by atoms with E-state index in [1.165, 1.54) is 17.0 Å². The maximum absolute atomic E-state index is 13.9. The third-order valence-electron chi connectivity index (χ3n) is 3.24. The summed E-state index contributed by atoms with van der Waals surface area (Å²) in [6, 6.07) is 9.59. The number of benzene rings is 1. The molecule has 3 rings (SSSR count). The van der Waals surface area contributed by atoms with Crippen LogP contribution >= 0.6 is 0 Å². The Bertz CT molecular complexity index is 812. The first-order valence-corrected chi connectivity index (χ1v) is 7.08. The van der Waals surface area contributed by atoms with Crippen molar-refractivity contribution in [2.24, 2.45) is 0 Å². The highest BCUT2D eigenvalue weighted by molar-refractivity contribution is 5.88. The molecular weight excluding hydrogens is 301 g/mol. The van der Waals surface area contributed by atoms with Crippen molar-refractivity contribution in [3.05, 3.63) is 59.7 Å². The third kappa shape index (κ3) is 3.13. The minimum absolute atomic E-state index is 0.140. The van der Waals surface area contributed by atoms with Gasteiger partial charge in [0.05, 0.1) is 18.8 Å². The minimum Gasteiger partial charge on any atom is -0.461 e. The van der Waals surface area contributed by atoms with E-state index in [9.17, 15) is 9.18 Å². The molecule has 0 radical (unpaired) electrons. The molecule has 0 aliphatic heterocycles. The van der Waals surface area contributed by atoms with Gasteiger partial charge in [-0.1, -0.05) is 23.4 Å². The van der Waals surface area contributed by atoms with Crippen LogP contribution in [0.2, 0.25) is 0 Å². The lowest BCUT2D eigenvalue weighted by Gasteiger charge is -2.06. The van der Waals surface area contributed by atoms with Crippen LogP contribution in [0, 0.1) is 5.82 Å². The van der Waals surface area contributed by atoms with Crippen molar-refractivity contribution in [2.45, 2.75) is 13.5 Å². The Morgan fingerprint density at radius 3 is 2.87 bits per heavy atom. The average molecular weight is 315 g/mol. The molecule has 0 spiro atoms. The van der Waals surface area contributed by atoms with E-state index in [1.807, 2.05) is 0 Å². The van der Waals surface area contributed by atoms with Crippen molar-refractivity contribution >= 4 is 5.97 Å². The second kappa shape index (κ2) is 6.43. The van der Waals surface area contributed by atoms with Crippen molar-refractivity contribution < 1.29 is 18.4 Å². The fourth-order valence-corrected chi connectivity index (χ4v) is 2.18. The Labute approximate surface area is 131 Å². The Morgan fingerprint density at radius 2 is 2.17 bits per heavy atom. The number of hydrogen-bond acceptors (Lipinski definition) is 5. The second-order valence-electron chi connectivity index (χ2n) is 4.77. The van der Waals surface area contributed by atoms with Gasteiger partial charge >= 0.3 is 5.97 Å². The number of carbonyl (C=O) groups excluding carboxylic acids is 1. The summed E-state index contributed by atoms with van der Waals surface area (Å²) in [6.45, 7) is 2.12. The maximum atomic E-state index is 13.9. The molecular formula is C16H14FN3O3. The molecule has 0 unspecified atom stereocenters. The van der Waals surface area contributed by atoms with Crippen LogP contribution in [0.1, 0.15) is 23.0 Å². The van der Waals surface area contributed by atoms with Crippen LogP contribution in [0.3, 0.4) is 0 Å². The lowest BCUT2D eigenvalue weighted by Crippen LogP contribution is -2.09. The average Bonchev–Trinajstić information content (AvgIpc) is 3.19. The van der Waals surface area contributed by atoms with Gasteiger partial charge in [0.1, 0.15) is 17.8 Å². The highest BCUT2D eigenvalue weighted by Crippen LogP contribution is 2.21. The van der Waals surface area contributed by atoms with E-state index in [1.54, 1.807) is 37.3 Å². The zero-order chi connectivity index (χ0) is 16.2. The second-order valence-corrected chi connectivity index (χ2v) is 4.77. The summed E-state index contributed by atoms with van der Waals surface area (Å²) < 4.78 is 25.2. The predicted molar refractivity (Wildman–Crippen MR) is 79.2 cm³/mol. The molecule has 0 amide bonds. The van der Waals surface area contributed by atoms with Crippen molar-refractivity contribution in [3.63, 3.8) is 0 Å². The molecule has 0 aliphatic carbocycles. The maximum Gasteiger partial charge on any atom is 0.358 e. The minimum atomic E-state index is -0.537. The van der Waals surface area contributed by atoms with Crippen LogP contribution in [0.25, 0.3) is 11.4 Å². The largest absolute Gasteiger partial charge is 0.461 e. The van der Waals surface area contributed by atoms with E-state index in [4.69, 9.17) is 9.26 Å². The molecule has 1 aromatic carbocycles. The quantitative estimate of drug-likeness (QED) is 0.677. The smallest absolute Gasteiger partial charge is 0.358 e. The molecule has 7 heteroatoms. The topological polar surface area (TPSA) is 70.2 Å². The van der Waals surface area contributed by atoms with Gasteiger partial charge in [0.25, 0.3) is 0 Å². The summed E-state index contributed by atoms with van der Waals surface area (Å²) in [6.07, 6.45) is 1.42. The fraction of sp³-hybridized carbons (Fsp3) is 0.188. The van der Waals surface area contributed by atoms with Crippen molar-refractivity contribution in [1.82, 2.24) is 14.9 Å². The predicted octanol–water partition coefficient (Wildman–Crippen LogP) is 2.90. The monoisotopic (exact) mass is 315 g/mol. The summed E-state index contributed by atoms with van der Waals surface area (Å²) in [7, 11) is 0. The number of aromatic nitrogens is 3. The van der Waals surface area contributed by atoms with Crippen LogP contribution in [0.4, 0.5) is 4.39 Å². The van der Waals surface area contributed by atoms with Gasteiger partial charge in [-0.15, -0.1) is 0 Å². The van der Waals surface area contributed by atoms with E-state index < -0.39 is 5.97 Å². The summed E-state index contributed by atoms with van der Waals surface area (Å²) in [5, 5.41) is 8.06. The number of hydrogen-bond donors (Lipinski definition) is 0. The first kappa shape index (κ1) is 15.0. The molecule has 0 atom stereocenters. The van der Waals surface area contributed by atoms with E-state index in [2.05, 4.69) is 10.3 Å². The van der Waals surface area contributed by atoms with Crippen molar-refractivity contribution in [2.75, 3.05) is 6.61 Å². The summed E-state index contributed by atoms with van der Waals surface area (Å²) in [5.74, 6) is -0.878. The molecule has 2 aromatic heterocycles. The number of esters is 1. The van der Waals surface area contributed by atoms with Crippen LogP contribution in [-0.4, -0.2) is 27.5 Å². The fourth-order valence-electron chi connectivity index (χ4n) is 2.18. The Morgan fingerprint density at radius 1 is 1.35 bits per heavy atom. The molecule has 6 nitrogen and oxygen atoms in total. The highest BCUT2D eigenvalue weighted by atomic mass is 19.1. The molecule has 0 N–H and O–H groups in total. The molecule has 0 saturated heterocycles. The number of rotatable bonds is 5.